The summed E-state index contributed by atoms with van der Waals surface area (Å²) in [7, 11) is 1.76. The molecule has 1 atom stereocenters. The van der Waals surface area contributed by atoms with Gasteiger partial charge >= 0.3 is 0 Å². The molecule has 0 aliphatic carbocycles. The monoisotopic (exact) mass is 281 g/mol. The summed E-state index contributed by atoms with van der Waals surface area (Å²) in [6.45, 7) is 0. The van der Waals surface area contributed by atoms with Crippen LogP contribution in [-0.2, 0) is 6.42 Å². The number of hydrogen-bond donors (Lipinski definition) is 1. The fraction of sp³-hybridized carbons (Fsp3) is 0.200. The zero-order valence-electron chi connectivity index (χ0n) is 10.5. The first-order chi connectivity index (χ1) is 9.11. The van der Waals surface area contributed by atoms with Gasteiger partial charge in [0.2, 0.25) is 0 Å². The molecule has 0 aliphatic heterocycles. The molecule has 19 heavy (non-hydrogen) atoms. The van der Waals surface area contributed by atoms with Gasteiger partial charge in [-0.2, -0.15) is 0 Å². The molecule has 100 valence electrons. The lowest BCUT2D eigenvalue weighted by Crippen LogP contribution is -2.19. The molecule has 1 unspecified atom stereocenters. The molecule has 2 rings (SSSR count). The zero-order chi connectivity index (χ0) is 13.8. The predicted octanol–water partition coefficient (Wildman–Crippen LogP) is 4.12. The van der Waals surface area contributed by atoms with Crippen molar-refractivity contribution in [1.29, 1.82) is 0 Å². The quantitative estimate of drug-likeness (QED) is 0.889. The Kier molecular flexibility index (Phi) is 4.51. The lowest BCUT2D eigenvalue weighted by Gasteiger charge is -2.17. The Morgan fingerprint density at radius 2 is 1.89 bits per heavy atom. The third-order valence-electron chi connectivity index (χ3n) is 3.06. The molecule has 0 radical (unpaired) electrons. The Hall–Kier alpha value is -1.45. The van der Waals surface area contributed by atoms with Crippen LogP contribution < -0.4 is 5.32 Å². The number of rotatable bonds is 4. The molecule has 0 spiro atoms. The molecule has 0 bridgehead atoms. The van der Waals surface area contributed by atoms with E-state index in [1.807, 2.05) is 6.07 Å². The van der Waals surface area contributed by atoms with Crippen LogP contribution in [0.25, 0.3) is 0 Å². The van der Waals surface area contributed by atoms with Crippen LogP contribution in [0, 0.1) is 11.6 Å². The van der Waals surface area contributed by atoms with Crippen molar-refractivity contribution in [1.82, 2.24) is 5.32 Å². The van der Waals surface area contributed by atoms with Crippen molar-refractivity contribution < 1.29 is 8.78 Å². The van der Waals surface area contributed by atoms with E-state index < -0.39 is 5.82 Å². The summed E-state index contributed by atoms with van der Waals surface area (Å²) in [4.78, 5) is 0. The number of likely N-dealkylation sites (N-methyl/N-ethyl adjacent to an activating group) is 1. The first kappa shape index (κ1) is 14.0. The van der Waals surface area contributed by atoms with Gasteiger partial charge in [-0.25, -0.2) is 8.78 Å². The maximum atomic E-state index is 13.9. The zero-order valence-corrected chi connectivity index (χ0v) is 11.2. The maximum Gasteiger partial charge on any atom is 0.145 e. The van der Waals surface area contributed by atoms with Crippen molar-refractivity contribution in [3.8, 4) is 0 Å². The smallest absolute Gasteiger partial charge is 0.145 e. The second-order valence-corrected chi connectivity index (χ2v) is 4.72. The third-order valence-corrected chi connectivity index (χ3v) is 3.35. The van der Waals surface area contributed by atoms with Crippen LogP contribution >= 0.6 is 11.6 Å². The van der Waals surface area contributed by atoms with Crippen molar-refractivity contribution in [3.05, 3.63) is 70.2 Å². The van der Waals surface area contributed by atoms with Crippen molar-refractivity contribution in [2.45, 2.75) is 12.5 Å². The molecular formula is C15H14ClF2N. The van der Waals surface area contributed by atoms with Crippen molar-refractivity contribution >= 4 is 11.6 Å². The van der Waals surface area contributed by atoms with Crippen LogP contribution in [0.1, 0.15) is 17.2 Å². The Morgan fingerprint density at radius 3 is 2.58 bits per heavy atom. The molecule has 0 aromatic heterocycles. The van der Waals surface area contributed by atoms with Crippen LogP contribution in [0.2, 0.25) is 5.02 Å². The van der Waals surface area contributed by atoms with Gasteiger partial charge in [0.15, 0.2) is 0 Å². The summed E-state index contributed by atoms with van der Waals surface area (Å²) in [6.07, 6.45) is 0.409. The SMILES string of the molecule is CNC(Cc1cccc(Cl)c1F)c1cccc(F)c1. The predicted molar refractivity (Wildman–Crippen MR) is 73.3 cm³/mol. The van der Waals surface area contributed by atoms with E-state index in [-0.39, 0.29) is 16.9 Å². The number of halogens is 3. The molecular weight excluding hydrogens is 268 g/mol. The average molecular weight is 282 g/mol. The van der Waals surface area contributed by atoms with Gasteiger partial charge in [0.1, 0.15) is 11.6 Å². The molecule has 2 aromatic carbocycles. The first-order valence-electron chi connectivity index (χ1n) is 5.97. The molecule has 1 nitrogen and oxygen atoms in total. The number of hydrogen-bond acceptors (Lipinski definition) is 1. The molecule has 0 fully saturated rings. The standard InChI is InChI=1S/C15H14ClF2N/c1-19-14(10-4-2-6-12(17)8-10)9-11-5-3-7-13(16)15(11)18/h2-8,14,19H,9H2,1H3. The maximum absolute atomic E-state index is 13.9. The Bertz CT molecular complexity index is 572. The second kappa shape index (κ2) is 6.13. The number of benzene rings is 2. The molecule has 0 saturated heterocycles. The van der Waals surface area contributed by atoms with E-state index >= 15 is 0 Å². The average Bonchev–Trinajstić information content (AvgIpc) is 2.40. The van der Waals surface area contributed by atoms with E-state index in [2.05, 4.69) is 5.32 Å². The topological polar surface area (TPSA) is 12.0 Å². The summed E-state index contributed by atoms with van der Waals surface area (Å²) in [5.74, 6) is -0.717. The van der Waals surface area contributed by atoms with E-state index in [9.17, 15) is 8.78 Å². The molecule has 0 saturated carbocycles. The molecule has 4 heteroatoms. The summed E-state index contributed by atoms with van der Waals surface area (Å²) in [5, 5.41) is 3.17. The fourth-order valence-corrected chi connectivity index (χ4v) is 2.23. The highest BCUT2D eigenvalue weighted by atomic mass is 35.5. The van der Waals surface area contributed by atoms with Crippen LogP contribution in [-0.4, -0.2) is 7.05 Å². The van der Waals surface area contributed by atoms with Crippen molar-refractivity contribution in [3.63, 3.8) is 0 Å². The van der Waals surface area contributed by atoms with E-state index in [0.717, 1.165) is 5.56 Å². The summed E-state index contributed by atoms with van der Waals surface area (Å²) >= 11 is 5.76. The van der Waals surface area contributed by atoms with Gasteiger partial charge in [-0.3, -0.25) is 0 Å². The molecule has 2 aromatic rings. The van der Waals surface area contributed by atoms with Gasteiger partial charge in [0.05, 0.1) is 5.02 Å². The summed E-state index contributed by atoms with van der Waals surface area (Å²) < 4.78 is 27.1. The van der Waals surface area contributed by atoms with Crippen LogP contribution in [0.4, 0.5) is 8.78 Å². The van der Waals surface area contributed by atoms with E-state index in [1.165, 1.54) is 18.2 Å². The highest BCUT2D eigenvalue weighted by molar-refractivity contribution is 6.30. The summed E-state index contributed by atoms with van der Waals surface area (Å²) in [6, 6.07) is 11.0. The van der Waals surface area contributed by atoms with E-state index in [4.69, 9.17) is 11.6 Å². The minimum absolute atomic E-state index is 0.103. The first-order valence-corrected chi connectivity index (χ1v) is 6.35. The van der Waals surface area contributed by atoms with Gasteiger partial charge in [-0.1, -0.05) is 35.9 Å². The van der Waals surface area contributed by atoms with E-state index in [1.54, 1.807) is 25.2 Å². The van der Waals surface area contributed by atoms with Crippen LogP contribution in [0.3, 0.4) is 0 Å². The highest BCUT2D eigenvalue weighted by Crippen LogP contribution is 2.24. The van der Waals surface area contributed by atoms with E-state index in [0.29, 0.717) is 12.0 Å². The highest BCUT2D eigenvalue weighted by Gasteiger charge is 2.14. The van der Waals surface area contributed by atoms with Gasteiger partial charge < -0.3 is 5.32 Å². The van der Waals surface area contributed by atoms with Crippen LogP contribution in [0.15, 0.2) is 42.5 Å². The normalized spacial score (nSPS) is 12.4. The van der Waals surface area contributed by atoms with Crippen LogP contribution in [0.5, 0.6) is 0 Å². The Balaban J connectivity index is 2.26. The van der Waals surface area contributed by atoms with Gasteiger partial charge in [0.25, 0.3) is 0 Å². The van der Waals surface area contributed by atoms with Crippen molar-refractivity contribution in [2.75, 3.05) is 7.05 Å². The molecule has 1 N–H and O–H groups in total. The Labute approximate surface area is 116 Å². The van der Waals surface area contributed by atoms with Gasteiger partial charge in [-0.05, 0) is 42.8 Å². The largest absolute Gasteiger partial charge is 0.313 e. The fourth-order valence-electron chi connectivity index (χ4n) is 2.04. The van der Waals surface area contributed by atoms with Crippen molar-refractivity contribution in [2.24, 2.45) is 0 Å². The second-order valence-electron chi connectivity index (χ2n) is 4.31. The Morgan fingerprint density at radius 1 is 1.16 bits per heavy atom. The molecule has 0 heterocycles. The van der Waals surface area contributed by atoms with Gasteiger partial charge in [-0.15, -0.1) is 0 Å². The molecule has 0 aliphatic rings. The molecule has 0 amide bonds. The minimum atomic E-state index is -0.416. The minimum Gasteiger partial charge on any atom is -0.313 e. The lowest BCUT2D eigenvalue weighted by molar-refractivity contribution is 0.549. The third kappa shape index (κ3) is 3.31. The van der Waals surface area contributed by atoms with Gasteiger partial charge in [0, 0.05) is 6.04 Å². The lowest BCUT2D eigenvalue weighted by atomic mass is 9.98. The summed E-state index contributed by atoms with van der Waals surface area (Å²) in [5.41, 5.74) is 1.29. The number of nitrogens with one attached hydrogen (secondary N) is 1.